The zero-order valence-electron chi connectivity index (χ0n) is 14.0. The highest BCUT2D eigenvalue weighted by atomic mass is 16.5. The van der Waals surface area contributed by atoms with Crippen LogP contribution in [0.1, 0.15) is 19.8 Å². The van der Waals surface area contributed by atoms with Crippen LogP contribution in [0.5, 0.6) is 0 Å². The maximum absolute atomic E-state index is 13.0. The molecule has 0 bridgehead atoms. The highest BCUT2D eigenvalue weighted by Gasteiger charge is 2.43. The zero-order chi connectivity index (χ0) is 17.0. The van der Waals surface area contributed by atoms with Gasteiger partial charge in [0.25, 0.3) is 0 Å². The Bertz CT molecular complexity index is 562. The van der Waals surface area contributed by atoms with E-state index in [-0.39, 0.29) is 11.8 Å². The van der Waals surface area contributed by atoms with Crippen molar-refractivity contribution in [3.8, 4) is 0 Å². The molecule has 3 heterocycles. The smallest absolute Gasteiger partial charge is 0.248 e. The van der Waals surface area contributed by atoms with Crippen LogP contribution in [-0.2, 0) is 19.9 Å². The molecule has 8 heteroatoms. The molecule has 2 saturated heterocycles. The van der Waals surface area contributed by atoms with Gasteiger partial charge in [-0.1, -0.05) is 0 Å². The summed E-state index contributed by atoms with van der Waals surface area (Å²) >= 11 is 0. The van der Waals surface area contributed by atoms with E-state index in [1.165, 1.54) is 0 Å². The summed E-state index contributed by atoms with van der Waals surface area (Å²) in [6.45, 7) is 5.50. The van der Waals surface area contributed by atoms with Crippen LogP contribution in [0.15, 0.2) is 18.5 Å². The lowest BCUT2D eigenvalue weighted by Gasteiger charge is -2.37. The number of carbonyl (C=O) groups excluding carboxylic acids is 2. The number of amides is 2. The van der Waals surface area contributed by atoms with E-state index in [2.05, 4.69) is 15.7 Å². The van der Waals surface area contributed by atoms with Crippen LogP contribution >= 0.6 is 0 Å². The van der Waals surface area contributed by atoms with Crippen molar-refractivity contribution < 1.29 is 14.3 Å². The fourth-order valence-corrected chi connectivity index (χ4v) is 3.37. The number of carbonyl (C=O) groups is 2. The molecule has 0 radical (unpaired) electrons. The monoisotopic (exact) mass is 335 g/mol. The van der Waals surface area contributed by atoms with Gasteiger partial charge in [-0.15, -0.1) is 0 Å². The lowest BCUT2D eigenvalue weighted by Crippen LogP contribution is -2.58. The van der Waals surface area contributed by atoms with Gasteiger partial charge in [-0.2, -0.15) is 5.10 Å². The molecule has 2 aliphatic heterocycles. The number of piperidine rings is 1. The summed E-state index contributed by atoms with van der Waals surface area (Å²) in [7, 11) is 0. The average molecular weight is 335 g/mol. The number of nitrogens with one attached hydrogen (secondary N) is 2. The Hall–Kier alpha value is -1.93. The molecule has 0 aromatic carbocycles. The molecule has 2 amide bonds. The van der Waals surface area contributed by atoms with E-state index in [4.69, 9.17) is 4.74 Å². The van der Waals surface area contributed by atoms with Crippen LogP contribution in [0.3, 0.4) is 0 Å². The van der Waals surface area contributed by atoms with Gasteiger partial charge >= 0.3 is 0 Å². The van der Waals surface area contributed by atoms with Gasteiger partial charge in [-0.25, -0.2) is 0 Å². The number of morpholine rings is 1. The second-order valence-electron chi connectivity index (χ2n) is 6.37. The Morgan fingerprint density at radius 2 is 2.00 bits per heavy atom. The van der Waals surface area contributed by atoms with Crippen molar-refractivity contribution in [1.29, 1.82) is 0 Å². The van der Waals surface area contributed by atoms with Crippen molar-refractivity contribution in [2.24, 2.45) is 0 Å². The molecule has 24 heavy (non-hydrogen) atoms. The Morgan fingerprint density at radius 3 is 2.62 bits per heavy atom. The van der Waals surface area contributed by atoms with Crippen LogP contribution in [0, 0.1) is 0 Å². The minimum absolute atomic E-state index is 0.0591. The molecule has 2 fully saturated rings. The van der Waals surface area contributed by atoms with Crippen molar-refractivity contribution in [1.82, 2.24) is 25.3 Å². The van der Waals surface area contributed by atoms with Gasteiger partial charge in [-0.05, 0) is 38.9 Å². The van der Waals surface area contributed by atoms with Crippen LogP contribution in [0.25, 0.3) is 0 Å². The first-order valence-corrected chi connectivity index (χ1v) is 8.52. The number of aromatic nitrogens is 2. The van der Waals surface area contributed by atoms with E-state index in [0.717, 1.165) is 13.1 Å². The van der Waals surface area contributed by atoms with Gasteiger partial charge in [0.2, 0.25) is 11.8 Å². The third kappa shape index (κ3) is 3.29. The fourth-order valence-electron chi connectivity index (χ4n) is 3.37. The van der Waals surface area contributed by atoms with Gasteiger partial charge in [0, 0.05) is 25.5 Å². The molecular formula is C16H25N5O3. The Balaban J connectivity index is 1.70. The Morgan fingerprint density at radius 1 is 1.29 bits per heavy atom. The average Bonchev–Trinajstić information content (AvgIpc) is 3.17. The summed E-state index contributed by atoms with van der Waals surface area (Å²) in [5.74, 6) is -0.196. The predicted molar refractivity (Wildman–Crippen MR) is 87.3 cm³/mol. The molecule has 2 aliphatic rings. The SMILES string of the molecule is CC(NC(=O)C1(n2cccn2)CCNCC1)C(=O)N1CCOCC1. The molecule has 132 valence electrons. The van der Waals surface area contributed by atoms with Gasteiger partial charge in [0.05, 0.1) is 13.2 Å². The number of hydrogen-bond acceptors (Lipinski definition) is 5. The van der Waals surface area contributed by atoms with Crippen LogP contribution in [0.4, 0.5) is 0 Å². The van der Waals surface area contributed by atoms with Crippen LogP contribution in [-0.4, -0.2) is 71.9 Å². The van der Waals surface area contributed by atoms with Crippen molar-refractivity contribution in [3.05, 3.63) is 18.5 Å². The highest BCUT2D eigenvalue weighted by Crippen LogP contribution is 2.27. The highest BCUT2D eigenvalue weighted by molar-refractivity contribution is 5.91. The summed E-state index contributed by atoms with van der Waals surface area (Å²) in [6.07, 6.45) is 4.80. The maximum Gasteiger partial charge on any atom is 0.248 e. The molecule has 1 aromatic rings. The molecule has 1 unspecified atom stereocenters. The fraction of sp³-hybridized carbons (Fsp3) is 0.688. The van der Waals surface area contributed by atoms with Crippen molar-refractivity contribution >= 4 is 11.8 Å². The topological polar surface area (TPSA) is 88.5 Å². The first-order valence-electron chi connectivity index (χ1n) is 8.52. The lowest BCUT2D eigenvalue weighted by molar-refractivity contribution is -0.142. The quantitative estimate of drug-likeness (QED) is 0.762. The summed E-state index contributed by atoms with van der Waals surface area (Å²) in [4.78, 5) is 27.3. The van der Waals surface area contributed by atoms with Gasteiger partial charge < -0.3 is 20.3 Å². The first kappa shape index (κ1) is 16.9. The summed E-state index contributed by atoms with van der Waals surface area (Å²) in [6, 6.07) is 1.26. The zero-order valence-corrected chi connectivity index (χ0v) is 14.0. The lowest BCUT2D eigenvalue weighted by atomic mass is 9.87. The molecule has 1 atom stereocenters. The molecule has 0 saturated carbocycles. The van der Waals surface area contributed by atoms with Gasteiger partial charge in [0.1, 0.15) is 11.6 Å². The van der Waals surface area contributed by atoms with Crippen molar-refractivity contribution in [3.63, 3.8) is 0 Å². The number of hydrogen-bond donors (Lipinski definition) is 2. The van der Waals surface area contributed by atoms with Crippen molar-refractivity contribution in [2.45, 2.75) is 31.3 Å². The van der Waals surface area contributed by atoms with E-state index >= 15 is 0 Å². The van der Waals surface area contributed by atoms with Gasteiger partial charge in [0.15, 0.2) is 0 Å². The largest absolute Gasteiger partial charge is 0.378 e. The van der Waals surface area contributed by atoms with Crippen LogP contribution < -0.4 is 10.6 Å². The summed E-state index contributed by atoms with van der Waals surface area (Å²) in [5.41, 5.74) is -0.728. The number of rotatable bonds is 4. The maximum atomic E-state index is 13.0. The number of nitrogens with zero attached hydrogens (tertiary/aromatic N) is 3. The molecule has 0 aliphatic carbocycles. The van der Waals surface area contributed by atoms with Crippen LogP contribution in [0.2, 0.25) is 0 Å². The van der Waals surface area contributed by atoms with Gasteiger partial charge in [-0.3, -0.25) is 14.3 Å². The summed E-state index contributed by atoms with van der Waals surface area (Å²) in [5, 5.41) is 10.5. The second kappa shape index (κ2) is 7.31. The normalized spacial score (nSPS) is 22.0. The van der Waals surface area contributed by atoms with E-state index in [0.29, 0.717) is 39.1 Å². The third-order valence-electron chi connectivity index (χ3n) is 4.84. The molecule has 2 N–H and O–H groups in total. The molecule has 8 nitrogen and oxygen atoms in total. The third-order valence-corrected chi connectivity index (χ3v) is 4.84. The Kier molecular flexibility index (Phi) is 5.15. The molecule has 3 rings (SSSR count). The van der Waals surface area contributed by atoms with E-state index in [9.17, 15) is 9.59 Å². The molecule has 0 spiro atoms. The summed E-state index contributed by atoms with van der Waals surface area (Å²) < 4.78 is 7.00. The van der Waals surface area contributed by atoms with E-state index in [1.54, 1.807) is 22.7 Å². The first-order chi connectivity index (χ1) is 11.6. The second-order valence-corrected chi connectivity index (χ2v) is 6.37. The standard InChI is InChI=1S/C16H25N5O3/c1-13(14(22)20-9-11-24-12-10-20)19-15(23)16(3-6-17-7-4-16)21-8-2-5-18-21/h2,5,8,13,17H,3-4,6-7,9-12H2,1H3,(H,19,23). The molecular weight excluding hydrogens is 310 g/mol. The predicted octanol–water partition coefficient (Wildman–Crippen LogP) is -0.675. The number of ether oxygens (including phenoxy) is 1. The van der Waals surface area contributed by atoms with E-state index in [1.807, 2.05) is 12.3 Å². The van der Waals surface area contributed by atoms with Crippen molar-refractivity contribution in [2.75, 3.05) is 39.4 Å². The minimum Gasteiger partial charge on any atom is -0.378 e. The minimum atomic E-state index is -0.728. The van der Waals surface area contributed by atoms with E-state index < -0.39 is 11.6 Å². The Labute approximate surface area is 141 Å². The molecule has 1 aromatic heterocycles.